The molecule has 0 aliphatic rings. The Kier molecular flexibility index (Phi) is 2.68. The normalized spacial score (nSPS) is 10.4. The number of aromatic nitrogens is 2. The zero-order valence-electron chi connectivity index (χ0n) is 9.08. The summed E-state index contributed by atoms with van der Waals surface area (Å²) in [5.74, 6) is 0. The van der Waals surface area contributed by atoms with E-state index in [4.69, 9.17) is 0 Å². The molecule has 82 valence electrons. The molecule has 2 heterocycles. The van der Waals surface area contributed by atoms with Crippen molar-refractivity contribution in [3.05, 3.63) is 59.7 Å². The van der Waals surface area contributed by atoms with Crippen molar-refractivity contribution in [3.8, 4) is 22.4 Å². The van der Waals surface area contributed by atoms with E-state index < -0.39 is 0 Å². The zero-order valence-corrected chi connectivity index (χ0v) is 9.89. The van der Waals surface area contributed by atoms with Gasteiger partial charge in [-0.25, -0.2) is 9.97 Å². The highest BCUT2D eigenvalue weighted by atomic mass is 32.1. The molecule has 17 heavy (non-hydrogen) atoms. The summed E-state index contributed by atoms with van der Waals surface area (Å²) in [5.41, 5.74) is 4.56. The Morgan fingerprint density at radius 3 is 2.53 bits per heavy atom. The number of rotatable bonds is 2. The van der Waals surface area contributed by atoms with Crippen molar-refractivity contribution in [1.82, 2.24) is 9.97 Å². The second-order valence-corrected chi connectivity index (χ2v) is 4.43. The first-order chi connectivity index (χ1) is 8.45. The van der Waals surface area contributed by atoms with Crippen molar-refractivity contribution in [1.29, 1.82) is 0 Å². The van der Waals surface area contributed by atoms with Gasteiger partial charge in [-0.2, -0.15) is 11.3 Å². The third-order valence-electron chi connectivity index (χ3n) is 2.62. The van der Waals surface area contributed by atoms with Gasteiger partial charge in [0.15, 0.2) is 0 Å². The maximum absolute atomic E-state index is 4.31. The highest BCUT2D eigenvalue weighted by Crippen LogP contribution is 2.31. The molecule has 0 saturated carbocycles. The van der Waals surface area contributed by atoms with E-state index in [0.717, 1.165) is 11.3 Å². The molecule has 0 aliphatic carbocycles. The van der Waals surface area contributed by atoms with Crippen LogP contribution in [0.15, 0.2) is 59.7 Å². The van der Waals surface area contributed by atoms with Crippen LogP contribution in [0.25, 0.3) is 22.4 Å². The topological polar surface area (TPSA) is 25.8 Å². The van der Waals surface area contributed by atoms with Gasteiger partial charge in [-0.05, 0) is 34.0 Å². The fourth-order valence-electron chi connectivity index (χ4n) is 1.83. The molecule has 0 atom stereocenters. The minimum absolute atomic E-state index is 0.960. The summed E-state index contributed by atoms with van der Waals surface area (Å²) in [7, 11) is 0. The zero-order chi connectivity index (χ0) is 11.5. The summed E-state index contributed by atoms with van der Waals surface area (Å²) in [6.45, 7) is 0. The van der Waals surface area contributed by atoms with E-state index in [1.165, 1.54) is 11.1 Å². The van der Waals surface area contributed by atoms with E-state index in [-0.39, 0.29) is 0 Å². The molecule has 2 nitrogen and oxygen atoms in total. The second kappa shape index (κ2) is 4.47. The highest BCUT2D eigenvalue weighted by molar-refractivity contribution is 7.08. The van der Waals surface area contributed by atoms with Crippen LogP contribution in [-0.2, 0) is 0 Å². The van der Waals surface area contributed by atoms with Crippen LogP contribution in [0.1, 0.15) is 0 Å². The lowest BCUT2D eigenvalue weighted by Crippen LogP contribution is -1.87. The van der Waals surface area contributed by atoms with Gasteiger partial charge in [0.25, 0.3) is 0 Å². The second-order valence-electron chi connectivity index (χ2n) is 3.65. The van der Waals surface area contributed by atoms with E-state index >= 15 is 0 Å². The molecule has 0 saturated heterocycles. The maximum Gasteiger partial charge on any atom is 0.116 e. The molecule has 0 unspecified atom stereocenters. The largest absolute Gasteiger partial charge is 0.245 e. The number of nitrogens with zero attached hydrogens (tertiary/aromatic N) is 2. The third-order valence-corrected chi connectivity index (χ3v) is 3.30. The molecular weight excluding hydrogens is 228 g/mol. The highest BCUT2D eigenvalue weighted by Gasteiger charge is 2.07. The minimum atomic E-state index is 0.960. The molecule has 2 aromatic heterocycles. The first kappa shape index (κ1) is 10.2. The lowest BCUT2D eigenvalue weighted by atomic mass is 10.00. The molecule has 0 N–H and O–H groups in total. The van der Waals surface area contributed by atoms with Crippen LogP contribution in [0.3, 0.4) is 0 Å². The predicted octanol–water partition coefficient (Wildman–Crippen LogP) is 3.87. The molecule has 3 rings (SSSR count). The lowest BCUT2D eigenvalue weighted by Gasteiger charge is -2.06. The quantitative estimate of drug-likeness (QED) is 0.677. The van der Waals surface area contributed by atoms with Gasteiger partial charge >= 0.3 is 0 Å². The van der Waals surface area contributed by atoms with Crippen LogP contribution in [-0.4, -0.2) is 9.97 Å². The fourth-order valence-corrected chi connectivity index (χ4v) is 2.48. The number of thiophene rings is 1. The first-order valence-corrected chi connectivity index (χ1v) is 6.27. The van der Waals surface area contributed by atoms with Crippen molar-refractivity contribution in [2.45, 2.75) is 0 Å². The van der Waals surface area contributed by atoms with Crippen LogP contribution in [0.5, 0.6) is 0 Å². The van der Waals surface area contributed by atoms with E-state index in [1.54, 1.807) is 23.9 Å². The van der Waals surface area contributed by atoms with Gasteiger partial charge in [0, 0.05) is 11.8 Å². The summed E-state index contributed by atoms with van der Waals surface area (Å²) in [6.07, 6.45) is 3.35. The van der Waals surface area contributed by atoms with Gasteiger partial charge < -0.3 is 0 Å². The molecule has 0 fully saturated rings. The van der Waals surface area contributed by atoms with E-state index in [0.29, 0.717) is 0 Å². The van der Waals surface area contributed by atoms with E-state index in [1.807, 2.05) is 12.1 Å². The smallest absolute Gasteiger partial charge is 0.116 e. The van der Waals surface area contributed by atoms with Gasteiger partial charge in [-0.15, -0.1) is 0 Å². The molecule has 0 spiro atoms. The average molecular weight is 238 g/mol. The molecule has 3 aromatic rings. The van der Waals surface area contributed by atoms with Crippen LogP contribution in [0.4, 0.5) is 0 Å². The summed E-state index contributed by atoms with van der Waals surface area (Å²) < 4.78 is 0. The fraction of sp³-hybridized carbons (Fsp3) is 0. The average Bonchev–Trinajstić information content (AvgIpc) is 2.94. The third kappa shape index (κ3) is 1.97. The molecule has 0 bridgehead atoms. The SMILES string of the molecule is c1ccc(-c2ccncn2)c(-c2ccsc2)c1. The van der Waals surface area contributed by atoms with Crippen molar-refractivity contribution < 1.29 is 0 Å². The van der Waals surface area contributed by atoms with Gasteiger partial charge in [0.2, 0.25) is 0 Å². The van der Waals surface area contributed by atoms with Crippen LogP contribution >= 0.6 is 11.3 Å². The molecule has 0 amide bonds. The predicted molar refractivity (Wildman–Crippen MR) is 70.8 cm³/mol. The lowest BCUT2D eigenvalue weighted by molar-refractivity contribution is 1.17. The monoisotopic (exact) mass is 238 g/mol. The Hall–Kier alpha value is -2.00. The molecule has 3 heteroatoms. The first-order valence-electron chi connectivity index (χ1n) is 5.33. The standard InChI is InChI=1S/C14H10N2S/c1-2-4-13(14-5-7-15-10-16-14)12(3-1)11-6-8-17-9-11/h1-10H. The summed E-state index contributed by atoms with van der Waals surface area (Å²) in [6, 6.07) is 12.4. The van der Waals surface area contributed by atoms with Crippen LogP contribution in [0, 0.1) is 0 Å². The Balaban J connectivity index is 2.18. The molecular formula is C14H10N2S. The van der Waals surface area contributed by atoms with Gasteiger partial charge in [0.1, 0.15) is 6.33 Å². The van der Waals surface area contributed by atoms with Gasteiger partial charge in [0.05, 0.1) is 5.69 Å². The number of hydrogen-bond donors (Lipinski definition) is 0. The van der Waals surface area contributed by atoms with Crippen molar-refractivity contribution >= 4 is 11.3 Å². The van der Waals surface area contributed by atoms with E-state index in [2.05, 4.69) is 45.0 Å². The number of hydrogen-bond acceptors (Lipinski definition) is 3. The van der Waals surface area contributed by atoms with Gasteiger partial charge in [-0.3, -0.25) is 0 Å². The summed E-state index contributed by atoms with van der Waals surface area (Å²) >= 11 is 1.71. The number of benzene rings is 1. The summed E-state index contributed by atoms with van der Waals surface area (Å²) in [5, 5.41) is 4.24. The van der Waals surface area contributed by atoms with E-state index in [9.17, 15) is 0 Å². The van der Waals surface area contributed by atoms with Crippen molar-refractivity contribution in [2.24, 2.45) is 0 Å². The maximum atomic E-state index is 4.31. The van der Waals surface area contributed by atoms with Gasteiger partial charge in [-0.1, -0.05) is 24.3 Å². The minimum Gasteiger partial charge on any atom is -0.245 e. The Labute approximate surface area is 104 Å². The Morgan fingerprint density at radius 1 is 0.941 bits per heavy atom. The van der Waals surface area contributed by atoms with Crippen molar-refractivity contribution in [2.75, 3.05) is 0 Å². The van der Waals surface area contributed by atoms with Crippen LogP contribution < -0.4 is 0 Å². The Morgan fingerprint density at radius 2 is 1.82 bits per heavy atom. The molecule has 0 aliphatic heterocycles. The Bertz CT molecular complexity index is 603. The summed E-state index contributed by atoms with van der Waals surface area (Å²) in [4.78, 5) is 8.27. The van der Waals surface area contributed by atoms with Crippen LogP contribution in [0.2, 0.25) is 0 Å². The van der Waals surface area contributed by atoms with Crippen molar-refractivity contribution in [3.63, 3.8) is 0 Å². The molecule has 0 radical (unpaired) electrons. The molecule has 1 aromatic carbocycles.